The topological polar surface area (TPSA) is 67.6 Å². The maximum absolute atomic E-state index is 5.48. The molecule has 5 heteroatoms. The van der Waals surface area contributed by atoms with Crippen LogP contribution in [0.25, 0.3) is 11.4 Å². The Morgan fingerprint density at radius 1 is 1.43 bits per heavy atom. The molecular formula is C9H9BrN4. The summed E-state index contributed by atoms with van der Waals surface area (Å²) in [4.78, 5) is 11.3. The van der Waals surface area contributed by atoms with E-state index >= 15 is 0 Å². The van der Waals surface area contributed by atoms with Crippen molar-refractivity contribution >= 4 is 15.9 Å². The van der Waals surface area contributed by atoms with Crippen molar-refractivity contribution in [3.8, 4) is 11.4 Å². The highest BCUT2D eigenvalue weighted by atomic mass is 79.9. The minimum atomic E-state index is 0.468. The first kappa shape index (κ1) is 9.36. The van der Waals surface area contributed by atoms with Crippen LogP contribution < -0.4 is 5.73 Å². The van der Waals surface area contributed by atoms with Gasteiger partial charge >= 0.3 is 0 Å². The predicted molar refractivity (Wildman–Crippen MR) is 57.4 cm³/mol. The van der Waals surface area contributed by atoms with Crippen molar-refractivity contribution in [2.24, 2.45) is 5.73 Å². The van der Waals surface area contributed by atoms with Crippen LogP contribution in [0, 0.1) is 0 Å². The number of rotatable bonds is 2. The molecule has 0 saturated carbocycles. The van der Waals surface area contributed by atoms with Crippen LogP contribution in [0.4, 0.5) is 0 Å². The largest absolute Gasteiger partial charge is 0.341 e. The average Bonchev–Trinajstić information content (AvgIpc) is 2.67. The predicted octanol–water partition coefficient (Wildman–Crippen LogP) is 1.69. The van der Waals surface area contributed by atoms with E-state index < -0.39 is 0 Å². The molecule has 2 rings (SSSR count). The zero-order valence-corrected chi connectivity index (χ0v) is 8.95. The molecule has 0 atom stereocenters. The zero-order chi connectivity index (χ0) is 9.97. The number of imidazole rings is 1. The normalized spacial score (nSPS) is 10.4. The van der Waals surface area contributed by atoms with E-state index in [1.807, 2.05) is 6.07 Å². The molecule has 14 heavy (non-hydrogen) atoms. The number of aromatic nitrogens is 3. The van der Waals surface area contributed by atoms with Crippen molar-refractivity contribution in [2.75, 3.05) is 0 Å². The van der Waals surface area contributed by atoms with E-state index in [4.69, 9.17) is 5.73 Å². The molecule has 0 aliphatic heterocycles. The van der Waals surface area contributed by atoms with Crippen molar-refractivity contribution < 1.29 is 0 Å². The van der Waals surface area contributed by atoms with Crippen LogP contribution in [0.15, 0.2) is 29.1 Å². The summed E-state index contributed by atoms with van der Waals surface area (Å²) < 4.78 is 0.915. The third-order valence-corrected chi connectivity index (χ3v) is 2.51. The summed E-state index contributed by atoms with van der Waals surface area (Å²) in [6, 6.07) is 1.89. The molecule has 0 spiro atoms. The molecule has 0 saturated heterocycles. The lowest BCUT2D eigenvalue weighted by molar-refractivity contribution is 1.01. The number of pyridine rings is 1. The highest BCUT2D eigenvalue weighted by molar-refractivity contribution is 9.10. The summed E-state index contributed by atoms with van der Waals surface area (Å²) in [7, 11) is 0. The Labute approximate surface area is 89.7 Å². The number of nitrogens with one attached hydrogen (secondary N) is 1. The second-order valence-corrected chi connectivity index (χ2v) is 3.67. The lowest BCUT2D eigenvalue weighted by Gasteiger charge is -1.98. The monoisotopic (exact) mass is 252 g/mol. The second-order valence-electron chi connectivity index (χ2n) is 2.82. The molecule has 0 amide bonds. The van der Waals surface area contributed by atoms with E-state index in [1.54, 1.807) is 18.6 Å². The van der Waals surface area contributed by atoms with Gasteiger partial charge in [-0.25, -0.2) is 4.98 Å². The van der Waals surface area contributed by atoms with Crippen LogP contribution in [0.1, 0.15) is 5.69 Å². The molecule has 3 N–H and O–H groups in total. The van der Waals surface area contributed by atoms with E-state index in [2.05, 4.69) is 30.9 Å². The third-order valence-electron chi connectivity index (χ3n) is 1.88. The highest BCUT2D eigenvalue weighted by Crippen LogP contribution is 2.24. The molecular weight excluding hydrogens is 244 g/mol. The van der Waals surface area contributed by atoms with Crippen molar-refractivity contribution in [1.29, 1.82) is 0 Å². The van der Waals surface area contributed by atoms with Crippen LogP contribution >= 0.6 is 15.9 Å². The van der Waals surface area contributed by atoms with Gasteiger partial charge in [0, 0.05) is 40.9 Å². The van der Waals surface area contributed by atoms with E-state index in [0.29, 0.717) is 6.54 Å². The van der Waals surface area contributed by atoms with Crippen LogP contribution in [0.5, 0.6) is 0 Å². The van der Waals surface area contributed by atoms with Gasteiger partial charge in [-0.3, -0.25) is 4.98 Å². The molecule has 0 aliphatic rings. The molecule has 4 nitrogen and oxygen atoms in total. The van der Waals surface area contributed by atoms with Gasteiger partial charge in [-0.2, -0.15) is 0 Å². The Bertz CT molecular complexity index is 438. The molecule has 2 aromatic rings. The van der Waals surface area contributed by atoms with Gasteiger partial charge < -0.3 is 10.7 Å². The maximum atomic E-state index is 5.48. The van der Waals surface area contributed by atoms with Gasteiger partial charge in [0.25, 0.3) is 0 Å². The fourth-order valence-corrected chi connectivity index (χ4v) is 1.61. The second kappa shape index (κ2) is 3.89. The maximum Gasteiger partial charge on any atom is 0.138 e. The first-order chi connectivity index (χ1) is 6.81. The number of H-pyrrole nitrogens is 1. The standard InChI is InChI=1S/C9H9BrN4/c10-8-5-12-2-1-7(8)9-13-4-6(3-11)14-9/h1-2,4-5H,3,11H2,(H,13,14). The number of hydrogen-bond donors (Lipinski definition) is 2. The molecule has 0 unspecified atom stereocenters. The smallest absolute Gasteiger partial charge is 0.138 e. The van der Waals surface area contributed by atoms with E-state index in [9.17, 15) is 0 Å². The van der Waals surface area contributed by atoms with Gasteiger partial charge in [0.15, 0.2) is 0 Å². The summed E-state index contributed by atoms with van der Waals surface area (Å²) in [5.41, 5.74) is 7.39. The zero-order valence-electron chi connectivity index (χ0n) is 7.37. The summed E-state index contributed by atoms with van der Waals surface area (Å²) in [6.07, 6.45) is 5.20. The minimum absolute atomic E-state index is 0.468. The average molecular weight is 253 g/mol. The van der Waals surface area contributed by atoms with Crippen LogP contribution in [-0.2, 0) is 6.54 Å². The van der Waals surface area contributed by atoms with Gasteiger partial charge in [0.1, 0.15) is 5.82 Å². The van der Waals surface area contributed by atoms with Crippen LogP contribution in [0.3, 0.4) is 0 Å². The molecule has 0 bridgehead atoms. The molecule has 0 aromatic carbocycles. The summed E-state index contributed by atoms with van der Waals surface area (Å²) in [6.45, 7) is 0.468. The van der Waals surface area contributed by atoms with E-state index in [-0.39, 0.29) is 0 Å². The van der Waals surface area contributed by atoms with Crippen molar-refractivity contribution in [3.05, 3.63) is 34.8 Å². The Kier molecular flexibility index (Phi) is 2.60. The fraction of sp³-hybridized carbons (Fsp3) is 0.111. The number of hydrogen-bond acceptors (Lipinski definition) is 3. The van der Waals surface area contributed by atoms with Gasteiger partial charge in [-0.05, 0) is 22.0 Å². The third kappa shape index (κ3) is 1.69. The lowest BCUT2D eigenvalue weighted by Crippen LogP contribution is -1.95. The molecule has 72 valence electrons. The fourth-order valence-electron chi connectivity index (χ4n) is 1.17. The Balaban J connectivity index is 2.44. The molecule has 0 aliphatic carbocycles. The highest BCUT2D eigenvalue weighted by Gasteiger charge is 2.05. The molecule has 2 heterocycles. The van der Waals surface area contributed by atoms with Crippen molar-refractivity contribution in [1.82, 2.24) is 15.0 Å². The van der Waals surface area contributed by atoms with E-state index in [0.717, 1.165) is 21.6 Å². The van der Waals surface area contributed by atoms with Crippen LogP contribution in [-0.4, -0.2) is 15.0 Å². The minimum Gasteiger partial charge on any atom is -0.341 e. The summed E-state index contributed by atoms with van der Waals surface area (Å²) >= 11 is 3.41. The Morgan fingerprint density at radius 2 is 2.29 bits per heavy atom. The summed E-state index contributed by atoms with van der Waals surface area (Å²) in [5.74, 6) is 0.805. The lowest BCUT2D eigenvalue weighted by atomic mass is 10.2. The summed E-state index contributed by atoms with van der Waals surface area (Å²) in [5, 5.41) is 0. The number of nitrogens with zero attached hydrogens (tertiary/aromatic N) is 2. The van der Waals surface area contributed by atoms with Gasteiger partial charge in [0.2, 0.25) is 0 Å². The van der Waals surface area contributed by atoms with Crippen molar-refractivity contribution in [3.63, 3.8) is 0 Å². The van der Waals surface area contributed by atoms with Gasteiger partial charge in [0.05, 0.1) is 0 Å². The number of nitrogens with two attached hydrogens (primary N) is 1. The first-order valence-electron chi connectivity index (χ1n) is 4.15. The molecule has 0 radical (unpaired) electrons. The van der Waals surface area contributed by atoms with E-state index in [1.165, 1.54) is 0 Å². The van der Waals surface area contributed by atoms with Gasteiger partial charge in [-0.1, -0.05) is 0 Å². The Hall–Kier alpha value is -1.20. The van der Waals surface area contributed by atoms with Gasteiger partial charge in [-0.15, -0.1) is 0 Å². The Morgan fingerprint density at radius 3 is 2.93 bits per heavy atom. The quantitative estimate of drug-likeness (QED) is 0.855. The SMILES string of the molecule is NCc1cnc(-c2ccncc2Br)[nH]1. The van der Waals surface area contributed by atoms with Crippen molar-refractivity contribution in [2.45, 2.75) is 6.54 Å². The number of halogens is 1. The first-order valence-corrected chi connectivity index (χ1v) is 4.94. The molecule has 2 aromatic heterocycles. The van der Waals surface area contributed by atoms with Crippen LogP contribution in [0.2, 0.25) is 0 Å². The molecule has 0 fully saturated rings. The number of aromatic amines is 1.